The number of ether oxygens (including phenoxy) is 1. The zero-order valence-electron chi connectivity index (χ0n) is 11.3. The zero-order chi connectivity index (χ0) is 13.0. The van der Waals surface area contributed by atoms with Crippen LogP contribution in [-0.4, -0.2) is 27.5 Å². The molecule has 0 fully saturated rings. The number of methoxy groups -OCH3 is 1. The van der Waals surface area contributed by atoms with Gasteiger partial charge < -0.3 is 9.16 Å². The second-order valence-corrected chi connectivity index (χ2v) is 10.2. The van der Waals surface area contributed by atoms with Gasteiger partial charge in [0.2, 0.25) is 0 Å². The van der Waals surface area contributed by atoms with Crippen molar-refractivity contribution < 1.29 is 14.0 Å². The first kappa shape index (κ1) is 15.4. The maximum Gasteiger partial charge on any atom is 0.308 e. The highest BCUT2D eigenvalue weighted by Crippen LogP contribution is 2.37. The van der Waals surface area contributed by atoms with Gasteiger partial charge in [-0.1, -0.05) is 26.8 Å². The van der Waals surface area contributed by atoms with Crippen LogP contribution in [-0.2, 0) is 14.0 Å². The molecule has 0 N–H and O–H groups in total. The minimum absolute atomic E-state index is 0.129. The molecule has 0 rings (SSSR count). The van der Waals surface area contributed by atoms with Crippen LogP contribution in [0.15, 0.2) is 12.7 Å². The predicted octanol–water partition coefficient (Wildman–Crippen LogP) is 3.13. The molecule has 0 amide bonds. The third-order valence-corrected chi connectivity index (χ3v) is 7.61. The third-order valence-electron chi connectivity index (χ3n) is 3.11. The van der Waals surface area contributed by atoms with E-state index in [4.69, 9.17) is 4.43 Å². The summed E-state index contributed by atoms with van der Waals surface area (Å²) in [5, 5.41) is 0.129. The monoisotopic (exact) mass is 244 g/mol. The third kappa shape index (κ3) is 4.49. The molecule has 0 spiro atoms. The number of carbonyl (C=O) groups excluding carboxylic acids is 1. The first-order valence-corrected chi connectivity index (χ1v) is 8.42. The van der Waals surface area contributed by atoms with E-state index in [0.717, 1.165) is 0 Å². The van der Waals surface area contributed by atoms with Crippen LogP contribution in [0.3, 0.4) is 0 Å². The molecule has 0 saturated heterocycles. The van der Waals surface area contributed by atoms with Gasteiger partial charge >= 0.3 is 5.97 Å². The van der Waals surface area contributed by atoms with Crippen LogP contribution in [0.4, 0.5) is 0 Å². The molecule has 0 aliphatic carbocycles. The van der Waals surface area contributed by atoms with Crippen LogP contribution in [0.25, 0.3) is 0 Å². The Morgan fingerprint density at radius 1 is 1.44 bits per heavy atom. The lowest BCUT2D eigenvalue weighted by molar-refractivity contribution is -0.142. The van der Waals surface area contributed by atoms with Gasteiger partial charge in [-0.2, -0.15) is 0 Å². The molecule has 94 valence electrons. The molecule has 1 atom stereocenters. The van der Waals surface area contributed by atoms with Gasteiger partial charge in [-0.05, 0) is 18.1 Å². The van der Waals surface area contributed by atoms with E-state index in [-0.39, 0.29) is 23.5 Å². The van der Waals surface area contributed by atoms with Crippen molar-refractivity contribution in [2.45, 2.75) is 51.4 Å². The highest BCUT2D eigenvalue weighted by Gasteiger charge is 2.38. The van der Waals surface area contributed by atoms with Crippen LogP contribution in [0.2, 0.25) is 18.1 Å². The molecule has 4 heteroatoms. The molecular formula is C12H24O3Si. The zero-order valence-corrected chi connectivity index (χ0v) is 12.3. The van der Waals surface area contributed by atoms with Crippen molar-refractivity contribution in [2.75, 3.05) is 7.11 Å². The molecule has 0 aliphatic rings. The SMILES string of the molecule is C=C[C@H](CC(=O)OC)O[Si](C)(C)C(C)(C)C. The first-order valence-electron chi connectivity index (χ1n) is 5.51. The fourth-order valence-corrected chi connectivity index (χ4v) is 2.27. The highest BCUT2D eigenvalue weighted by molar-refractivity contribution is 6.74. The molecule has 16 heavy (non-hydrogen) atoms. The normalized spacial score (nSPS) is 14.4. The van der Waals surface area contributed by atoms with Gasteiger partial charge in [-0.25, -0.2) is 0 Å². The fraction of sp³-hybridized carbons (Fsp3) is 0.750. The van der Waals surface area contributed by atoms with Crippen molar-refractivity contribution in [3.8, 4) is 0 Å². The van der Waals surface area contributed by atoms with E-state index in [2.05, 4.69) is 45.2 Å². The summed E-state index contributed by atoms with van der Waals surface area (Å²) in [5.41, 5.74) is 0. The lowest BCUT2D eigenvalue weighted by Crippen LogP contribution is -2.44. The second kappa shape index (κ2) is 5.64. The molecular weight excluding hydrogens is 220 g/mol. The number of hydrogen-bond donors (Lipinski definition) is 0. The van der Waals surface area contributed by atoms with Gasteiger partial charge in [-0.3, -0.25) is 4.79 Å². The van der Waals surface area contributed by atoms with E-state index in [1.807, 2.05) is 0 Å². The summed E-state index contributed by atoms with van der Waals surface area (Å²) in [6.07, 6.45) is 1.68. The number of carbonyl (C=O) groups is 1. The van der Waals surface area contributed by atoms with Gasteiger partial charge in [0.25, 0.3) is 0 Å². The molecule has 0 bridgehead atoms. The lowest BCUT2D eigenvalue weighted by atomic mass is 10.2. The number of rotatable bonds is 5. The molecule has 0 heterocycles. The topological polar surface area (TPSA) is 35.5 Å². The quantitative estimate of drug-likeness (QED) is 0.423. The summed E-state index contributed by atoms with van der Waals surface area (Å²) in [6, 6.07) is 0. The van der Waals surface area contributed by atoms with Gasteiger partial charge in [0, 0.05) is 0 Å². The van der Waals surface area contributed by atoms with Crippen LogP contribution >= 0.6 is 0 Å². The van der Waals surface area contributed by atoms with Crippen LogP contribution in [0.5, 0.6) is 0 Å². The van der Waals surface area contributed by atoms with Gasteiger partial charge in [0.1, 0.15) is 0 Å². The molecule has 0 radical (unpaired) electrons. The van der Waals surface area contributed by atoms with Crippen molar-refractivity contribution in [3.05, 3.63) is 12.7 Å². The van der Waals surface area contributed by atoms with E-state index < -0.39 is 8.32 Å². The van der Waals surface area contributed by atoms with Crippen molar-refractivity contribution in [1.29, 1.82) is 0 Å². The Balaban J connectivity index is 4.54. The molecule has 0 aliphatic heterocycles. The van der Waals surface area contributed by atoms with Crippen LogP contribution in [0.1, 0.15) is 27.2 Å². The Kier molecular flexibility index (Phi) is 5.42. The van der Waals surface area contributed by atoms with Crippen LogP contribution < -0.4 is 0 Å². The summed E-state index contributed by atoms with van der Waals surface area (Å²) in [5.74, 6) is -0.261. The van der Waals surface area contributed by atoms with E-state index in [1.54, 1.807) is 6.08 Å². The van der Waals surface area contributed by atoms with Gasteiger partial charge in [0.05, 0.1) is 19.6 Å². The van der Waals surface area contributed by atoms with E-state index in [9.17, 15) is 4.79 Å². The summed E-state index contributed by atoms with van der Waals surface area (Å²) < 4.78 is 10.7. The van der Waals surface area contributed by atoms with Crippen LogP contribution in [0, 0.1) is 0 Å². The smallest absolute Gasteiger partial charge is 0.308 e. The highest BCUT2D eigenvalue weighted by atomic mass is 28.4. The lowest BCUT2D eigenvalue weighted by Gasteiger charge is -2.38. The summed E-state index contributed by atoms with van der Waals surface area (Å²) in [4.78, 5) is 11.2. The Hall–Kier alpha value is -0.613. The Labute approximate surface area is 100.0 Å². The molecule has 0 unspecified atom stereocenters. The average Bonchev–Trinajstić information content (AvgIpc) is 2.14. The van der Waals surface area contributed by atoms with Gasteiger partial charge in [0.15, 0.2) is 8.32 Å². The van der Waals surface area contributed by atoms with E-state index in [1.165, 1.54) is 7.11 Å². The Bertz CT molecular complexity index is 253. The molecule has 0 aromatic carbocycles. The minimum Gasteiger partial charge on any atom is -0.469 e. The first-order chi connectivity index (χ1) is 7.14. The summed E-state index contributed by atoms with van der Waals surface area (Å²) in [6.45, 7) is 14.5. The predicted molar refractivity (Wildman–Crippen MR) is 68.9 cm³/mol. The molecule has 3 nitrogen and oxygen atoms in total. The largest absolute Gasteiger partial charge is 0.469 e. The molecule has 0 saturated carbocycles. The fourth-order valence-electron chi connectivity index (χ4n) is 0.976. The Morgan fingerprint density at radius 3 is 2.25 bits per heavy atom. The average molecular weight is 244 g/mol. The second-order valence-electron chi connectivity index (χ2n) is 5.43. The maximum atomic E-state index is 11.2. The van der Waals surface area contributed by atoms with Gasteiger partial charge in [-0.15, -0.1) is 6.58 Å². The van der Waals surface area contributed by atoms with Crippen molar-refractivity contribution in [2.24, 2.45) is 0 Å². The number of esters is 1. The number of hydrogen-bond acceptors (Lipinski definition) is 3. The minimum atomic E-state index is -1.85. The van der Waals surface area contributed by atoms with E-state index in [0.29, 0.717) is 0 Å². The molecule has 0 aromatic rings. The van der Waals surface area contributed by atoms with Crippen molar-refractivity contribution >= 4 is 14.3 Å². The van der Waals surface area contributed by atoms with Crippen molar-refractivity contribution in [3.63, 3.8) is 0 Å². The maximum absolute atomic E-state index is 11.2. The molecule has 0 aromatic heterocycles. The van der Waals surface area contributed by atoms with E-state index >= 15 is 0 Å². The Morgan fingerprint density at radius 2 is 1.94 bits per heavy atom. The summed E-state index contributed by atoms with van der Waals surface area (Å²) >= 11 is 0. The standard InChI is InChI=1S/C12H24O3Si/c1-8-10(9-11(13)14-5)15-16(6,7)12(2,3)4/h8,10H,1,9H2,2-7H3/t10-/m1/s1. The van der Waals surface area contributed by atoms with Crippen molar-refractivity contribution in [1.82, 2.24) is 0 Å². The summed E-state index contributed by atoms with van der Waals surface area (Å²) in [7, 11) is -0.464.